The molecule has 5 heteroatoms. The van der Waals surface area contributed by atoms with E-state index in [4.69, 9.17) is 4.52 Å². The number of hydrogen-bond acceptors (Lipinski definition) is 5. The summed E-state index contributed by atoms with van der Waals surface area (Å²) in [6.07, 6.45) is 4.82. The van der Waals surface area contributed by atoms with Crippen LogP contribution >= 0.6 is 0 Å². The Bertz CT molecular complexity index is 571. The van der Waals surface area contributed by atoms with E-state index in [2.05, 4.69) is 22.4 Å². The summed E-state index contributed by atoms with van der Waals surface area (Å²) in [5.41, 5.74) is 0.916. The molecule has 0 bridgehead atoms. The lowest BCUT2D eigenvalue weighted by Gasteiger charge is -2.23. The second-order valence-electron chi connectivity index (χ2n) is 5.90. The lowest BCUT2D eigenvalue weighted by Crippen LogP contribution is -2.12. The summed E-state index contributed by atoms with van der Waals surface area (Å²) in [4.78, 5) is 4.50. The molecule has 1 aliphatic rings. The van der Waals surface area contributed by atoms with Crippen molar-refractivity contribution >= 4 is 5.69 Å². The van der Waals surface area contributed by atoms with Gasteiger partial charge in [-0.3, -0.25) is 0 Å². The summed E-state index contributed by atoms with van der Waals surface area (Å²) in [5.74, 6) is 2.99. The summed E-state index contributed by atoms with van der Waals surface area (Å²) in [5, 5.41) is 16.6. The summed E-state index contributed by atoms with van der Waals surface area (Å²) in [7, 11) is 0. The van der Waals surface area contributed by atoms with Crippen LogP contribution < -0.4 is 5.32 Å². The Hall–Kier alpha value is -2.04. The maximum atomic E-state index is 9.24. The number of aromatic nitrogens is 2. The number of hydrogen-bond donors (Lipinski definition) is 2. The number of nitrogens with one attached hydrogen (secondary N) is 1. The molecular formula is C16H21N3O2. The van der Waals surface area contributed by atoms with E-state index in [1.807, 2.05) is 12.1 Å². The molecule has 21 heavy (non-hydrogen) atoms. The quantitative estimate of drug-likeness (QED) is 0.839. The molecule has 0 atom stereocenters. The van der Waals surface area contributed by atoms with E-state index < -0.39 is 0 Å². The second-order valence-corrected chi connectivity index (χ2v) is 5.90. The largest absolute Gasteiger partial charge is 0.508 e. The van der Waals surface area contributed by atoms with Crippen LogP contribution in [0.25, 0.3) is 0 Å². The number of rotatable bonds is 4. The van der Waals surface area contributed by atoms with Gasteiger partial charge in [0.1, 0.15) is 5.75 Å². The minimum atomic E-state index is 0.257. The molecule has 0 saturated heterocycles. The van der Waals surface area contributed by atoms with Gasteiger partial charge in [-0.1, -0.05) is 24.9 Å². The molecule has 1 heterocycles. The molecule has 3 rings (SSSR count). The van der Waals surface area contributed by atoms with Crippen molar-refractivity contribution in [3.8, 4) is 5.75 Å². The van der Waals surface area contributed by atoms with Gasteiger partial charge in [-0.05, 0) is 43.0 Å². The van der Waals surface area contributed by atoms with Crippen LogP contribution in [0.5, 0.6) is 5.75 Å². The molecule has 0 unspecified atom stereocenters. The monoisotopic (exact) mass is 287 g/mol. The first-order chi connectivity index (χ1) is 10.2. The van der Waals surface area contributed by atoms with Gasteiger partial charge in [-0.2, -0.15) is 4.98 Å². The van der Waals surface area contributed by atoms with E-state index in [1.165, 1.54) is 12.8 Å². The molecule has 0 spiro atoms. The van der Waals surface area contributed by atoms with Crippen LogP contribution in [0.4, 0.5) is 5.69 Å². The third-order valence-electron chi connectivity index (χ3n) is 4.18. The highest BCUT2D eigenvalue weighted by Crippen LogP contribution is 2.34. The van der Waals surface area contributed by atoms with E-state index >= 15 is 0 Å². The molecule has 1 aliphatic carbocycles. The Morgan fingerprint density at radius 3 is 2.62 bits per heavy atom. The first-order valence-corrected chi connectivity index (χ1v) is 7.56. The molecule has 0 amide bonds. The molecular weight excluding hydrogens is 266 g/mol. The lowest BCUT2D eigenvalue weighted by atomic mass is 9.83. The molecule has 0 aliphatic heterocycles. The fourth-order valence-electron chi connectivity index (χ4n) is 2.78. The Morgan fingerprint density at radius 1 is 1.19 bits per heavy atom. The van der Waals surface area contributed by atoms with Crippen molar-refractivity contribution in [3.05, 3.63) is 36.0 Å². The topological polar surface area (TPSA) is 71.2 Å². The van der Waals surface area contributed by atoms with Crippen LogP contribution in [0.2, 0.25) is 0 Å². The van der Waals surface area contributed by atoms with Gasteiger partial charge in [-0.15, -0.1) is 0 Å². The second kappa shape index (κ2) is 6.16. The zero-order valence-electron chi connectivity index (χ0n) is 12.2. The smallest absolute Gasteiger partial charge is 0.245 e. The number of benzene rings is 1. The number of nitrogens with zero attached hydrogens (tertiary/aromatic N) is 2. The average Bonchev–Trinajstić information content (AvgIpc) is 2.96. The first kappa shape index (κ1) is 13.9. The maximum Gasteiger partial charge on any atom is 0.245 e. The molecule has 2 aromatic rings. The van der Waals surface area contributed by atoms with Crippen LogP contribution in [0.15, 0.2) is 28.8 Å². The summed E-state index contributed by atoms with van der Waals surface area (Å²) in [6, 6.07) is 6.92. The molecule has 1 fully saturated rings. The third-order valence-corrected chi connectivity index (χ3v) is 4.18. The van der Waals surface area contributed by atoms with Gasteiger partial charge in [-0.25, -0.2) is 0 Å². The molecule has 0 radical (unpaired) electrons. The van der Waals surface area contributed by atoms with Crippen molar-refractivity contribution in [3.63, 3.8) is 0 Å². The van der Waals surface area contributed by atoms with Gasteiger partial charge in [0, 0.05) is 11.6 Å². The molecule has 1 aromatic heterocycles. The Labute approximate surface area is 124 Å². The van der Waals surface area contributed by atoms with Crippen LogP contribution in [-0.2, 0) is 6.54 Å². The normalized spacial score (nSPS) is 22.1. The van der Waals surface area contributed by atoms with Gasteiger partial charge in [0.2, 0.25) is 5.89 Å². The zero-order chi connectivity index (χ0) is 14.7. The van der Waals surface area contributed by atoms with Crippen LogP contribution in [0.3, 0.4) is 0 Å². The van der Waals surface area contributed by atoms with Crippen molar-refractivity contribution in [1.29, 1.82) is 0 Å². The predicted octanol–water partition coefficient (Wildman–Crippen LogP) is 3.68. The fourth-order valence-corrected chi connectivity index (χ4v) is 2.78. The molecule has 1 aromatic carbocycles. The summed E-state index contributed by atoms with van der Waals surface area (Å²) < 4.78 is 5.32. The Balaban J connectivity index is 1.56. The van der Waals surface area contributed by atoms with E-state index in [0.29, 0.717) is 18.4 Å². The van der Waals surface area contributed by atoms with Gasteiger partial charge < -0.3 is 14.9 Å². The van der Waals surface area contributed by atoms with Crippen LogP contribution in [0.1, 0.15) is 50.2 Å². The van der Waals surface area contributed by atoms with Gasteiger partial charge in [0.05, 0.1) is 6.54 Å². The van der Waals surface area contributed by atoms with Crippen molar-refractivity contribution < 1.29 is 9.63 Å². The van der Waals surface area contributed by atoms with Crippen molar-refractivity contribution in [2.45, 2.75) is 45.1 Å². The summed E-state index contributed by atoms with van der Waals surface area (Å²) in [6.45, 7) is 2.81. The lowest BCUT2D eigenvalue weighted by molar-refractivity contribution is 0.324. The minimum Gasteiger partial charge on any atom is -0.508 e. The standard InChI is InChI=1S/C16H21N3O2/c1-11-2-4-12(5-3-11)16-18-15(21-19-16)10-17-13-6-8-14(20)9-7-13/h6-9,11-12,17,20H,2-5,10H2,1H3. The van der Waals surface area contributed by atoms with Crippen molar-refractivity contribution in [1.82, 2.24) is 10.1 Å². The fraction of sp³-hybridized carbons (Fsp3) is 0.500. The number of aromatic hydroxyl groups is 1. The number of phenolic OH excluding ortho intramolecular Hbond substituents is 1. The highest BCUT2D eigenvalue weighted by atomic mass is 16.5. The molecule has 1 saturated carbocycles. The van der Waals surface area contributed by atoms with Gasteiger partial charge >= 0.3 is 0 Å². The minimum absolute atomic E-state index is 0.257. The molecule has 2 N–H and O–H groups in total. The Kier molecular flexibility index (Phi) is 4.08. The first-order valence-electron chi connectivity index (χ1n) is 7.56. The zero-order valence-corrected chi connectivity index (χ0v) is 12.2. The highest BCUT2D eigenvalue weighted by molar-refractivity contribution is 5.45. The Morgan fingerprint density at radius 2 is 1.90 bits per heavy atom. The van der Waals surface area contributed by atoms with Gasteiger partial charge in [0.15, 0.2) is 5.82 Å². The van der Waals surface area contributed by atoms with E-state index in [0.717, 1.165) is 30.3 Å². The van der Waals surface area contributed by atoms with E-state index in [9.17, 15) is 5.11 Å². The third kappa shape index (κ3) is 3.54. The number of phenols is 1. The summed E-state index contributed by atoms with van der Waals surface area (Å²) >= 11 is 0. The highest BCUT2D eigenvalue weighted by Gasteiger charge is 2.23. The van der Waals surface area contributed by atoms with E-state index in [1.54, 1.807) is 12.1 Å². The van der Waals surface area contributed by atoms with E-state index in [-0.39, 0.29) is 5.75 Å². The molecule has 112 valence electrons. The van der Waals surface area contributed by atoms with Gasteiger partial charge in [0.25, 0.3) is 0 Å². The van der Waals surface area contributed by atoms with Crippen molar-refractivity contribution in [2.24, 2.45) is 5.92 Å². The molecule has 5 nitrogen and oxygen atoms in total. The van der Waals surface area contributed by atoms with Crippen molar-refractivity contribution in [2.75, 3.05) is 5.32 Å². The average molecular weight is 287 g/mol. The number of anilines is 1. The van der Waals surface area contributed by atoms with Crippen LogP contribution in [-0.4, -0.2) is 15.2 Å². The maximum absolute atomic E-state index is 9.24. The SMILES string of the molecule is CC1CCC(c2noc(CNc3ccc(O)cc3)n2)CC1. The predicted molar refractivity (Wildman–Crippen MR) is 80.1 cm³/mol. The van der Waals surface area contributed by atoms with Crippen LogP contribution in [0, 0.1) is 5.92 Å².